The smallest absolute Gasteiger partial charge is 0.394 e. The molecule has 1 aliphatic heterocycles. The number of phosphoric acid groups is 1. The van der Waals surface area contributed by atoms with Gasteiger partial charge in [-0.05, 0) is 72.6 Å². The van der Waals surface area contributed by atoms with Crippen molar-refractivity contribution in [2.45, 2.75) is 147 Å². The number of nitrogens with one attached hydrogen (secondary N) is 5. The van der Waals surface area contributed by atoms with Gasteiger partial charge in [0.05, 0.1) is 55.9 Å². The molecular weight excluding hydrogens is 920 g/mol. The molecule has 2 rings (SSSR count). The van der Waals surface area contributed by atoms with Crippen molar-refractivity contribution >= 4 is 61.8 Å². The van der Waals surface area contributed by atoms with E-state index in [0.29, 0.717) is 51.1 Å². The molecular formula is C41H73N10O14PS. The van der Waals surface area contributed by atoms with Gasteiger partial charge in [0.1, 0.15) is 30.2 Å². The van der Waals surface area contributed by atoms with Crippen LogP contribution in [0.25, 0.3) is 0 Å². The van der Waals surface area contributed by atoms with Crippen molar-refractivity contribution in [3.8, 4) is 0 Å². The number of ether oxygens (including phenoxy) is 2. The second-order valence-electron chi connectivity index (χ2n) is 18.2. The van der Waals surface area contributed by atoms with Crippen LogP contribution < -0.4 is 38.1 Å². The third-order valence-corrected chi connectivity index (χ3v) is 11.9. The van der Waals surface area contributed by atoms with E-state index < -0.39 is 97.5 Å². The molecule has 1 aromatic rings. The van der Waals surface area contributed by atoms with Crippen molar-refractivity contribution in [3.05, 3.63) is 18.2 Å². The van der Waals surface area contributed by atoms with Crippen LogP contribution >= 0.6 is 20.5 Å². The second-order valence-corrected chi connectivity index (χ2v) is 19.7. The number of hydrogen-bond donors (Lipinski definition) is 11. The monoisotopic (exact) mass is 992 g/mol. The average molecular weight is 993 g/mol. The standard InChI is InChI=1S/C41H73N10O14PS/c1-24(2)18-28(36(56)46-29(19-26-20-44-23-50(26)8)37(57)48-30(21-52)38(58)49-33(34(43)54)25(3)65-66(60,61)62)47-39(59)31-10-9-15-51(31)32(53)11-16-63-41(6,7)13-17-64-40(4,5)12-14-45-35(55)27(42)22-67/h20,23-25,27-31,33,52,67H,9-19,21-22,42H2,1-8H3,(H2,43,54)(H,45,55)(H,46,56)(H,47,59)(H,48,57)(H,49,58)(H2,60,61,62)/t25?,27-,28-,29-,30-,31-,33-/m0/s1. The molecule has 1 saturated heterocycles. The molecule has 12 N–H and O–H groups in total. The van der Waals surface area contributed by atoms with Crippen molar-refractivity contribution in [1.29, 1.82) is 0 Å². The van der Waals surface area contributed by atoms with Crippen LogP contribution in [0.3, 0.4) is 0 Å². The van der Waals surface area contributed by atoms with Crippen molar-refractivity contribution in [2.75, 3.05) is 38.7 Å². The van der Waals surface area contributed by atoms with Gasteiger partial charge >= 0.3 is 7.82 Å². The summed E-state index contributed by atoms with van der Waals surface area (Å²) in [6.45, 7) is 12.4. The van der Waals surface area contributed by atoms with Gasteiger partial charge in [-0.15, -0.1) is 0 Å². The minimum absolute atomic E-state index is 0.00929. The van der Waals surface area contributed by atoms with Crippen molar-refractivity contribution in [2.24, 2.45) is 24.4 Å². The summed E-state index contributed by atoms with van der Waals surface area (Å²) in [5.74, 6) is -5.17. The normalized spacial score (nSPS) is 17.2. The van der Waals surface area contributed by atoms with Crippen LogP contribution in [0.5, 0.6) is 0 Å². The summed E-state index contributed by atoms with van der Waals surface area (Å²) in [4.78, 5) is 116. The maximum absolute atomic E-state index is 14.0. The predicted octanol–water partition coefficient (Wildman–Crippen LogP) is -1.95. The summed E-state index contributed by atoms with van der Waals surface area (Å²) in [6.07, 6.45) is 3.17. The molecule has 1 unspecified atom stereocenters. The van der Waals surface area contributed by atoms with E-state index in [2.05, 4.69) is 48.7 Å². The quantitative estimate of drug-likeness (QED) is 0.0295. The molecule has 0 saturated carbocycles. The highest BCUT2D eigenvalue weighted by Crippen LogP contribution is 2.38. The largest absolute Gasteiger partial charge is 0.469 e. The van der Waals surface area contributed by atoms with Gasteiger partial charge in [0.2, 0.25) is 41.4 Å². The molecule has 0 bridgehead atoms. The minimum Gasteiger partial charge on any atom is -0.394 e. The number of aliphatic hydroxyl groups excluding tert-OH is 1. The molecule has 26 heteroatoms. The number of amides is 7. The van der Waals surface area contributed by atoms with Gasteiger partial charge < -0.3 is 71.9 Å². The zero-order chi connectivity index (χ0) is 50.9. The maximum Gasteiger partial charge on any atom is 0.469 e. The molecule has 0 radical (unpaired) electrons. The third-order valence-electron chi connectivity index (χ3n) is 10.9. The Morgan fingerprint density at radius 3 is 2.07 bits per heavy atom. The van der Waals surface area contributed by atoms with E-state index in [-0.39, 0.29) is 49.4 Å². The van der Waals surface area contributed by atoms with E-state index in [9.17, 15) is 43.2 Å². The lowest BCUT2D eigenvalue weighted by Gasteiger charge is -2.30. The summed E-state index contributed by atoms with van der Waals surface area (Å²) in [5.41, 5.74) is 10.3. The summed E-state index contributed by atoms with van der Waals surface area (Å²) in [5, 5.41) is 22.7. The lowest BCUT2D eigenvalue weighted by molar-refractivity contribution is -0.141. The Balaban J connectivity index is 2.10. The lowest BCUT2D eigenvalue weighted by atomic mass is 10.0. The Kier molecular flexibility index (Phi) is 23.8. The number of nitrogens with two attached hydrogens (primary N) is 2. The molecule has 2 heterocycles. The highest BCUT2D eigenvalue weighted by molar-refractivity contribution is 7.80. The van der Waals surface area contributed by atoms with Gasteiger partial charge in [-0.1, -0.05) is 13.8 Å². The molecule has 1 aliphatic rings. The number of likely N-dealkylation sites (tertiary alicyclic amines) is 1. The number of nitrogens with zero attached hydrogens (tertiary/aromatic N) is 3. The summed E-state index contributed by atoms with van der Waals surface area (Å²) < 4.78 is 29.6. The van der Waals surface area contributed by atoms with Crippen LogP contribution in [0.1, 0.15) is 92.7 Å². The number of imidazole rings is 1. The van der Waals surface area contributed by atoms with Crippen LogP contribution in [0.4, 0.5) is 0 Å². The Morgan fingerprint density at radius 2 is 1.51 bits per heavy atom. The summed E-state index contributed by atoms with van der Waals surface area (Å²) in [7, 11) is -3.48. The SMILES string of the molecule is CC(C)C[C@H](NC(=O)[C@@H]1CCCN1C(=O)CCOC(C)(C)CCOC(C)(C)CCNC(=O)[C@@H](N)CS)C(=O)N[C@@H](Cc1cncn1C)C(=O)N[C@@H](CO)C(=O)N[C@H](C(N)=O)C(C)OP(=O)(O)O. The Morgan fingerprint density at radius 1 is 0.910 bits per heavy atom. The molecule has 7 amide bonds. The van der Waals surface area contributed by atoms with Crippen LogP contribution in [0, 0.1) is 5.92 Å². The van der Waals surface area contributed by atoms with Crippen LogP contribution in [0.2, 0.25) is 0 Å². The third kappa shape index (κ3) is 20.9. The zero-order valence-electron chi connectivity index (χ0n) is 39.7. The lowest BCUT2D eigenvalue weighted by Crippen LogP contribution is -2.61. The fourth-order valence-electron chi connectivity index (χ4n) is 6.97. The number of carbonyl (C=O) groups excluding carboxylic acids is 7. The highest BCUT2D eigenvalue weighted by Gasteiger charge is 2.38. The van der Waals surface area contributed by atoms with Gasteiger partial charge in [0.25, 0.3) is 0 Å². The highest BCUT2D eigenvalue weighted by atomic mass is 32.1. The molecule has 382 valence electrons. The van der Waals surface area contributed by atoms with Crippen molar-refractivity contribution in [1.82, 2.24) is 41.0 Å². The maximum atomic E-state index is 14.0. The van der Waals surface area contributed by atoms with E-state index >= 15 is 0 Å². The van der Waals surface area contributed by atoms with Crippen LogP contribution in [-0.2, 0) is 65.6 Å². The summed E-state index contributed by atoms with van der Waals surface area (Å²) >= 11 is 4.04. The molecule has 1 aromatic heterocycles. The number of aromatic nitrogens is 2. The van der Waals surface area contributed by atoms with E-state index in [1.807, 2.05) is 41.5 Å². The molecule has 0 aliphatic carbocycles. The Labute approximate surface area is 397 Å². The number of hydrogen-bond acceptors (Lipinski definition) is 15. The molecule has 1 fully saturated rings. The zero-order valence-corrected chi connectivity index (χ0v) is 41.5. The Bertz CT molecular complexity index is 1880. The molecule has 24 nitrogen and oxygen atoms in total. The molecule has 67 heavy (non-hydrogen) atoms. The fraction of sp³-hybridized carbons (Fsp3) is 0.756. The van der Waals surface area contributed by atoms with Gasteiger partial charge in [-0.2, -0.15) is 12.6 Å². The van der Waals surface area contributed by atoms with E-state index in [0.717, 1.165) is 6.92 Å². The first-order chi connectivity index (χ1) is 31.1. The first kappa shape index (κ1) is 58.9. The van der Waals surface area contributed by atoms with Gasteiger partial charge in [0, 0.05) is 44.2 Å². The first-order valence-corrected chi connectivity index (χ1v) is 24.3. The second kappa shape index (κ2) is 27.1. The number of phosphoric ester groups is 1. The first-order valence-electron chi connectivity index (χ1n) is 22.1. The van der Waals surface area contributed by atoms with Crippen molar-refractivity contribution in [3.63, 3.8) is 0 Å². The van der Waals surface area contributed by atoms with Crippen LogP contribution in [0.15, 0.2) is 12.5 Å². The molecule has 7 atom stereocenters. The number of aryl methyl sites for hydroxylation is 1. The minimum atomic E-state index is -5.12. The average Bonchev–Trinajstić information content (AvgIpc) is 3.88. The number of rotatable bonds is 30. The number of carbonyl (C=O) groups is 7. The van der Waals surface area contributed by atoms with Gasteiger partial charge in [-0.3, -0.25) is 38.1 Å². The number of aliphatic hydroxyl groups is 1. The number of primary amides is 1. The van der Waals surface area contributed by atoms with E-state index in [4.69, 9.17) is 30.7 Å². The van der Waals surface area contributed by atoms with Gasteiger partial charge in [-0.25, -0.2) is 9.55 Å². The summed E-state index contributed by atoms with van der Waals surface area (Å²) in [6, 6.07) is -7.70. The number of thiol groups is 1. The van der Waals surface area contributed by atoms with Crippen molar-refractivity contribution < 1.29 is 67.0 Å². The Hall–Kier alpha value is -4.20. The predicted molar refractivity (Wildman–Crippen MR) is 246 cm³/mol. The molecule has 0 spiro atoms. The van der Waals surface area contributed by atoms with E-state index in [1.165, 1.54) is 17.4 Å². The van der Waals surface area contributed by atoms with Crippen LogP contribution in [-0.4, -0.2) is 163 Å². The molecule has 0 aromatic carbocycles. The van der Waals surface area contributed by atoms with E-state index in [1.54, 1.807) is 11.6 Å². The topological polar surface area (TPSA) is 358 Å². The fourth-order valence-corrected chi connectivity index (χ4v) is 7.70. The van der Waals surface area contributed by atoms with Gasteiger partial charge in [0.15, 0.2) is 0 Å².